The van der Waals surface area contributed by atoms with E-state index in [2.05, 4.69) is 24.1 Å². The van der Waals surface area contributed by atoms with Gasteiger partial charge in [-0.25, -0.2) is 0 Å². The van der Waals surface area contributed by atoms with Crippen LogP contribution in [0.25, 0.3) is 0 Å². The Hall–Kier alpha value is -0.610. The second kappa shape index (κ2) is 6.86. The summed E-state index contributed by atoms with van der Waals surface area (Å²) >= 11 is 0. The van der Waals surface area contributed by atoms with Crippen molar-refractivity contribution < 1.29 is 9.90 Å². The highest BCUT2D eigenvalue weighted by atomic mass is 16.4. The van der Waals surface area contributed by atoms with Gasteiger partial charge in [0.25, 0.3) is 0 Å². The molecule has 1 unspecified atom stereocenters. The molecule has 0 aromatic heterocycles. The highest BCUT2D eigenvalue weighted by Crippen LogP contribution is 2.17. The lowest BCUT2D eigenvalue weighted by Crippen LogP contribution is -2.44. The van der Waals surface area contributed by atoms with E-state index in [4.69, 9.17) is 5.11 Å². The maximum atomic E-state index is 10.3. The van der Waals surface area contributed by atoms with Crippen LogP contribution in [0, 0.1) is 5.92 Å². The Morgan fingerprint density at radius 2 is 2.12 bits per heavy atom. The van der Waals surface area contributed by atoms with Gasteiger partial charge in [0.05, 0.1) is 6.42 Å². The number of carboxylic acid groups (broad SMARTS) is 1. The number of nitrogens with zero attached hydrogens (tertiary/aromatic N) is 1. The average molecular weight is 228 g/mol. The van der Waals surface area contributed by atoms with Crippen molar-refractivity contribution in [1.82, 2.24) is 10.2 Å². The van der Waals surface area contributed by atoms with Crippen LogP contribution < -0.4 is 5.32 Å². The molecule has 0 amide bonds. The molecular formula is C12H24N2O2. The summed E-state index contributed by atoms with van der Waals surface area (Å²) < 4.78 is 0. The molecule has 1 saturated heterocycles. The number of piperidine rings is 1. The Labute approximate surface area is 98.0 Å². The smallest absolute Gasteiger partial charge is 0.304 e. The summed E-state index contributed by atoms with van der Waals surface area (Å²) in [5.74, 6) is 0.135. The number of carbonyl (C=O) groups is 1. The van der Waals surface area contributed by atoms with E-state index in [1.807, 2.05) is 0 Å². The third-order valence-corrected chi connectivity index (χ3v) is 3.40. The summed E-state index contributed by atoms with van der Waals surface area (Å²) in [6, 6.07) is 0.515. The fourth-order valence-corrected chi connectivity index (χ4v) is 2.10. The van der Waals surface area contributed by atoms with Crippen LogP contribution in [-0.2, 0) is 4.79 Å². The van der Waals surface area contributed by atoms with Gasteiger partial charge in [-0.1, -0.05) is 6.92 Å². The van der Waals surface area contributed by atoms with E-state index in [1.54, 1.807) is 0 Å². The van der Waals surface area contributed by atoms with Crippen molar-refractivity contribution in [3.05, 3.63) is 0 Å². The molecule has 0 spiro atoms. The quantitative estimate of drug-likeness (QED) is 0.670. The minimum Gasteiger partial charge on any atom is -0.481 e. The molecule has 0 radical (unpaired) electrons. The molecule has 4 nitrogen and oxygen atoms in total. The molecule has 0 aliphatic carbocycles. The Morgan fingerprint density at radius 3 is 2.69 bits per heavy atom. The molecule has 1 atom stereocenters. The van der Waals surface area contributed by atoms with Crippen molar-refractivity contribution in [3.8, 4) is 0 Å². The van der Waals surface area contributed by atoms with Crippen LogP contribution in [0.1, 0.15) is 33.1 Å². The van der Waals surface area contributed by atoms with Crippen molar-refractivity contribution >= 4 is 5.97 Å². The summed E-state index contributed by atoms with van der Waals surface area (Å²) in [6.07, 6.45) is 2.79. The summed E-state index contributed by atoms with van der Waals surface area (Å²) in [5.41, 5.74) is 0. The molecule has 0 bridgehead atoms. The maximum Gasteiger partial charge on any atom is 0.304 e. The largest absolute Gasteiger partial charge is 0.481 e. The van der Waals surface area contributed by atoms with E-state index in [9.17, 15) is 4.79 Å². The van der Waals surface area contributed by atoms with Gasteiger partial charge in [-0.05, 0) is 38.8 Å². The number of hydrogen-bond donors (Lipinski definition) is 2. The molecule has 94 valence electrons. The Kier molecular flexibility index (Phi) is 5.77. The van der Waals surface area contributed by atoms with Crippen LogP contribution in [0.2, 0.25) is 0 Å². The van der Waals surface area contributed by atoms with E-state index < -0.39 is 5.97 Å². The molecule has 0 saturated carbocycles. The van der Waals surface area contributed by atoms with Crippen molar-refractivity contribution in [2.45, 2.75) is 39.2 Å². The third kappa shape index (κ3) is 4.94. The highest BCUT2D eigenvalue weighted by Gasteiger charge is 2.19. The first-order valence-electron chi connectivity index (χ1n) is 6.26. The predicted molar refractivity (Wildman–Crippen MR) is 64.6 cm³/mol. The van der Waals surface area contributed by atoms with Crippen LogP contribution in [0.3, 0.4) is 0 Å². The lowest BCUT2D eigenvalue weighted by atomic mass is 9.98. The molecule has 1 rings (SSSR count). The number of nitrogens with one attached hydrogen (secondary N) is 1. The Balaban J connectivity index is 2.10. The predicted octanol–water partition coefficient (Wildman–Crippen LogP) is 1.17. The Morgan fingerprint density at radius 1 is 1.50 bits per heavy atom. The molecule has 0 aromatic rings. The summed E-state index contributed by atoms with van der Waals surface area (Å²) in [6.45, 7) is 8.36. The van der Waals surface area contributed by atoms with Gasteiger partial charge >= 0.3 is 5.97 Å². The van der Waals surface area contributed by atoms with Crippen LogP contribution in [0.5, 0.6) is 0 Å². The second-order valence-corrected chi connectivity index (χ2v) is 4.92. The fraction of sp³-hybridized carbons (Fsp3) is 0.917. The SMILES string of the molecule is CC1CCN(C(C)CNCCC(=O)O)CC1. The fourth-order valence-electron chi connectivity index (χ4n) is 2.10. The minimum absolute atomic E-state index is 0.212. The first-order valence-corrected chi connectivity index (χ1v) is 6.26. The number of carboxylic acids is 1. The highest BCUT2D eigenvalue weighted by molar-refractivity contribution is 5.66. The first-order chi connectivity index (χ1) is 7.59. The van der Waals surface area contributed by atoms with Gasteiger partial charge in [0.15, 0.2) is 0 Å². The second-order valence-electron chi connectivity index (χ2n) is 4.92. The number of hydrogen-bond acceptors (Lipinski definition) is 3. The van der Waals surface area contributed by atoms with Gasteiger partial charge in [0, 0.05) is 19.1 Å². The van der Waals surface area contributed by atoms with Gasteiger partial charge in [-0.15, -0.1) is 0 Å². The van der Waals surface area contributed by atoms with Crippen molar-refractivity contribution in [2.75, 3.05) is 26.2 Å². The lowest BCUT2D eigenvalue weighted by Gasteiger charge is -2.35. The summed E-state index contributed by atoms with van der Waals surface area (Å²) in [7, 11) is 0. The molecule has 1 heterocycles. The van der Waals surface area contributed by atoms with Gasteiger partial charge in [0.2, 0.25) is 0 Å². The number of rotatable bonds is 6. The van der Waals surface area contributed by atoms with Crippen LogP contribution in [0.4, 0.5) is 0 Å². The zero-order valence-corrected chi connectivity index (χ0v) is 10.4. The third-order valence-electron chi connectivity index (χ3n) is 3.40. The van der Waals surface area contributed by atoms with Crippen LogP contribution >= 0.6 is 0 Å². The van der Waals surface area contributed by atoms with Gasteiger partial charge in [0.1, 0.15) is 0 Å². The zero-order valence-electron chi connectivity index (χ0n) is 10.4. The standard InChI is InChI=1S/C12H24N2O2/c1-10-4-7-14(8-5-10)11(2)9-13-6-3-12(15)16/h10-11,13H,3-9H2,1-2H3,(H,15,16). The van der Waals surface area contributed by atoms with Gasteiger partial charge in [-0.2, -0.15) is 0 Å². The summed E-state index contributed by atoms with van der Waals surface area (Å²) in [5, 5.41) is 11.7. The summed E-state index contributed by atoms with van der Waals surface area (Å²) in [4.78, 5) is 12.8. The monoisotopic (exact) mass is 228 g/mol. The molecule has 2 N–H and O–H groups in total. The molecule has 1 aliphatic rings. The Bertz CT molecular complexity index is 213. The van der Waals surface area contributed by atoms with Crippen molar-refractivity contribution in [1.29, 1.82) is 0 Å². The van der Waals surface area contributed by atoms with Crippen LogP contribution in [0.15, 0.2) is 0 Å². The van der Waals surface area contributed by atoms with E-state index in [0.717, 1.165) is 12.5 Å². The van der Waals surface area contributed by atoms with E-state index >= 15 is 0 Å². The number of likely N-dealkylation sites (tertiary alicyclic amines) is 1. The normalized spacial score (nSPS) is 20.9. The first kappa shape index (κ1) is 13.5. The molecule has 0 aromatic carbocycles. The zero-order chi connectivity index (χ0) is 12.0. The van der Waals surface area contributed by atoms with Crippen molar-refractivity contribution in [3.63, 3.8) is 0 Å². The topological polar surface area (TPSA) is 52.6 Å². The average Bonchev–Trinajstić information content (AvgIpc) is 2.25. The molecule has 4 heteroatoms. The minimum atomic E-state index is -0.730. The number of aliphatic carboxylic acids is 1. The van der Waals surface area contributed by atoms with Crippen molar-refractivity contribution in [2.24, 2.45) is 5.92 Å². The molecule has 16 heavy (non-hydrogen) atoms. The molecule has 1 aliphatic heterocycles. The van der Waals surface area contributed by atoms with E-state index in [0.29, 0.717) is 12.6 Å². The van der Waals surface area contributed by atoms with E-state index in [1.165, 1.54) is 25.9 Å². The van der Waals surface area contributed by atoms with Gasteiger partial charge in [-0.3, -0.25) is 9.69 Å². The lowest BCUT2D eigenvalue weighted by molar-refractivity contribution is -0.136. The van der Waals surface area contributed by atoms with Crippen LogP contribution in [-0.4, -0.2) is 48.2 Å². The van der Waals surface area contributed by atoms with Gasteiger partial charge < -0.3 is 10.4 Å². The maximum absolute atomic E-state index is 10.3. The molecular weight excluding hydrogens is 204 g/mol. The molecule has 1 fully saturated rings. The van der Waals surface area contributed by atoms with E-state index in [-0.39, 0.29) is 6.42 Å².